The molecule has 238 valence electrons. The maximum absolute atomic E-state index is 13.1. The maximum Gasteiger partial charge on any atom is 0.223 e. The van der Waals surface area contributed by atoms with Crippen LogP contribution in [0.25, 0.3) is 0 Å². The SMILES string of the molecule is COCCCOc1cc(C[C@@H](C[C@H](N)[C@@H](O)C[C@H](C(=O)NCCc2ccccc2Cl)C(C)C)C(C)C)ccc1OC.Cl. The molecule has 0 aromatic heterocycles. The lowest BCUT2D eigenvalue weighted by Gasteiger charge is -2.30. The van der Waals surface area contributed by atoms with E-state index >= 15 is 0 Å². The van der Waals surface area contributed by atoms with Gasteiger partial charge in [0.1, 0.15) is 0 Å². The first-order chi connectivity index (χ1) is 19.6. The van der Waals surface area contributed by atoms with E-state index in [9.17, 15) is 9.90 Å². The highest BCUT2D eigenvalue weighted by atomic mass is 35.5. The third kappa shape index (κ3) is 12.7. The monoisotopic (exact) mass is 626 g/mol. The summed E-state index contributed by atoms with van der Waals surface area (Å²) in [6.45, 7) is 10.0. The number of carbonyl (C=O) groups excluding carboxylic acids is 1. The minimum Gasteiger partial charge on any atom is -0.493 e. The first-order valence-electron chi connectivity index (χ1n) is 14.8. The molecule has 0 spiro atoms. The highest BCUT2D eigenvalue weighted by Gasteiger charge is 2.29. The van der Waals surface area contributed by atoms with Gasteiger partial charge in [-0.15, -0.1) is 12.4 Å². The fourth-order valence-corrected chi connectivity index (χ4v) is 5.25. The first-order valence-corrected chi connectivity index (χ1v) is 15.2. The number of hydrogen-bond acceptors (Lipinski definition) is 6. The highest BCUT2D eigenvalue weighted by molar-refractivity contribution is 6.31. The Morgan fingerprint density at radius 1 is 1.00 bits per heavy atom. The Kier molecular flexibility index (Phi) is 18.1. The Balaban J connectivity index is 0.00000882. The van der Waals surface area contributed by atoms with Crippen molar-refractivity contribution in [2.24, 2.45) is 29.4 Å². The van der Waals surface area contributed by atoms with Crippen molar-refractivity contribution in [3.63, 3.8) is 0 Å². The second-order valence-electron chi connectivity index (χ2n) is 11.6. The van der Waals surface area contributed by atoms with E-state index in [2.05, 4.69) is 25.2 Å². The molecular formula is C33H52Cl2N2O5. The van der Waals surface area contributed by atoms with E-state index in [0.29, 0.717) is 61.5 Å². The predicted molar refractivity (Wildman–Crippen MR) is 174 cm³/mol. The van der Waals surface area contributed by atoms with Gasteiger partial charge in [-0.05, 0) is 72.8 Å². The molecule has 0 aliphatic carbocycles. The fraction of sp³-hybridized carbons (Fsp3) is 0.606. The molecule has 0 radical (unpaired) electrons. The minimum absolute atomic E-state index is 0. The molecule has 1 amide bonds. The van der Waals surface area contributed by atoms with Crippen molar-refractivity contribution in [2.75, 3.05) is 34.0 Å². The Morgan fingerprint density at radius 3 is 2.33 bits per heavy atom. The Morgan fingerprint density at radius 2 is 1.71 bits per heavy atom. The van der Waals surface area contributed by atoms with Gasteiger partial charge >= 0.3 is 0 Å². The van der Waals surface area contributed by atoms with Crippen molar-refractivity contribution in [3.8, 4) is 11.5 Å². The lowest BCUT2D eigenvalue weighted by molar-refractivity contribution is -0.127. The second-order valence-corrected chi connectivity index (χ2v) is 12.0. The number of nitrogens with two attached hydrogens (primary N) is 1. The van der Waals surface area contributed by atoms with Gasteiger partial charge in [0, 0.05) is 43.7 Å². The van der Waals surface area contributed by atoms with Crippen molar-refractivity contribution < 1.29 is 24.1 Å². The van der Waals surface area contributed by atoms with Crippen LogP contribution in [0.15, 0.2) is 42.5 Å². The smallest absolute Gasteiger partial charge is 0.223 e. The van der Waals surface area contributed by atoms with Crippen molar-refractivity contribution in [1.29, 1.82) is 0 Å². The van der Waals surface area contributed by atoms with Gasteiger partial charge in [-0.25, -0.2) is 0 Å². The number of halogens is 2. The second kappa shape index (κ2) is 20.0. The van der Waals surface area contributed by atoms with Crippen LogP contribution in [0.2, 0.25) is 5.02 Å². The average Bonchev–Trinajstić information content (AvgIpc) is 2.94. The van der Waals surface area contributed by atoms with Crippen LogP contribution in [0.5, 0.6) is 11.5 Å². The molecule has 4 N–H and O–H groups in total. The number of benzene rings is 2. The van der Waals surface area contributed by atoms with Gasteiger partial charge in [0.05, 0.1) is 19.8 Å². The summed E-state index contributed by atoms with van der Waals surface area (Å²) in [5, 5.41) is 14.8. The van der Waals surface area contributed by atoms with Crippen LogP contribution in [-0.4, -0.2) is 57.1 Å². The molecule has 9 heteroatoms. The van der Waals surface area contributed by atoms with Gasteiger partial charge in [-0.1, -0.05) is 63.6 Å². The lowest BCUT2D eigenvalue weighted by atomic mass is 9.81. The maximum atomic E-state index is 13.1. The largest absolute Gasteiger partial charge is 0.493 e. The molecule has 0 fully saturated rings. The number of nitrogens with one attached hydrogen (secondary N) is 1. The number of amides is 1. The molecule has 0 unspecified atom stereocenters. The van der Waals surface area contributed by atoms with E-state index in [1.54, 1.807) is 14.2 Å². The topological polar surface area (TPSA) is 103 Å². The molecule has 0 saturated carbocycles. The van der Waals surface area contributed by atoms with Gasteiger partial charge in [0.2, 0.25) is 5.91 Å². The van der Waals surface area contributed by atoms with Crippen LogP contribution in [0.4, 0.5) is 0 Å². The molecule has 42 heavy (non-hydrogen) atoms. The standard InChI is InChI=1S/C33H51ClN2O5.ClH/c1-22(2)26(18-24-12-13-31(40-6)32(19-24)41-17-9-16-39-5)20-29(35)30(37)21-27(23(3)4)33(38)36-15-14-25-10-7-8-11-28(25)34;/h7-8,10-13,19,22-23,26-27,29-30,37H,9,14-18,20-21,35H2,1-6H3,(H,36,38);1H/t26-,27-,29-,30-;/m0./s1. The molecule has 0 bridgehead atoms. The van der Waals surface area contributed by atoms with E-state index < -0.39 is 12.1 Å². The van der Waals surface area contributed by atoms with Crippen molar-refractivity contribution in [3.05, 3.63) is 58.6 Å². The zero-order chi connectivity index (χ0) is 30.4. The van der Waals surface area contributed by atoms with Crippen LogP contribution >= 0.6 is 24.0 Å². The molecule has 7 nitrogen and oxygen atoms in total. The molecule has 2 aromatic rings. The Hall–Kier alpha value is -2.03. The van der Waals surface area contributed by atoms with Gasteiger partial charge in [0.15, 0.2) is 11.5 Å². The number of methoxy groups -OCH3 is 2. The summed E-state index contributed by atoms with van der Waals surface area (Å²) in [7, 11) is 3.31. The van der Waals surface area contributed by atoms with E-state index in [1.807, 2.05) is 50.2 Å². The third-order valence-corrected chi connectivity index (χ3v) is 8.15. The number of carbonyl (C=O) groups is 1. The van der Waals surface area contributed by atoms with Crippen molar-refractivity contribution in [2.45, 2.75) is 71.9 Å². The van der Waals surface area contributed by atoms with Crippen molar-refractivity contribution in [1.82, 2.24) is 5.32 Å². The Bertz CT molecular complexity index is 1050. The highest BCUT2D eigenvalue weighted by Crippen LogP contribution is 2.32. The predicted octanol–water partition coefficient (Wildman–Crippen LogP) is 6.10. The summed E-state index contributed by atoms with van der Waals surface area (Å²) in [6.07, 6.45) is 2.43. The van der Waals surface area contributed by atoms with Crippen LogP contribution < -0.4 is 20.5 Å². The lowest BCUT2D eigenvalue weighted by Crippen LogP contribution is -2.43. The summed E-state index contributed by atoms with van der Waals surface area (Å²) in [5.41, 5.74) is 8.70. The summed E-state index contributed by atoms with van der Waals surface area (Å²) < 4.78 is 16.6. The molecular weight excluding hydrogens is 575 g/mol. The van der Waals surface area contributed by atoms with Crippen LogP contribution in [0.1, 0.15) is 58.1 Å². The number of ether oxygens (including phenoxy) is 3. The molecule has 0 aliphatic rings. The van der Waals surface area contributed by atoms with Gasteiger partial charge in [-0.2, -0.15) is 0 Å². The summed E-state index contributed by atoms with van der Waals surface area (Å²) in [4.78, 5) is 13.1. The van der Waals surface area contributed by atoms with E-state index in [4.69, 9.17) is 31.5 Å². The van der Waals surface area contributed by atoms with Crippen LogP contribution in [-0.2, 0) is 22.4 Å². The number of hydrogen-bond donors (Lipinski definition) is 3. The summed E-state index contributed by atoms with van der Waals surface area (Å²) >= 11 is 6.25. The van der Waals surface area contributed by atoms with Gasteiger partial charge in [0.25, 0.3) is 0 Å². The van der Waals surface area contributed by atoms with Crippen molar-refractivity contribution >= 4 is 29.9 Å². The number of aliphatic hydroxyl groups excluding tert-OH is 1. The molecule has 4 atom stereocenters. The first kappa shape index (κ1) is 38.0. The minimum atomic E-state index is -0.784. The zero-order valence-electron chi connectivity index (χ0n) is 26.1. The summed E-state index contributed by atoms with van der Waals surface area (Å²) in [6, 6.07) is 13.2. The third-order valence-electron chi connectivity index (χ3n) is 7.78. The van der Waals surface area contributed by atoms with Crippen LogP contribution in [0.3, 0.4) is 0 Å². The molecule has 0 aliphatic heterocycles. The molecule has 2 aromatic carbocycles. The normalized spacial score (nSPS) is 14.2. The average molecular weight is 628 g/mol. The van der Waals surface area contributed by atoms with E-state index in [-0.39, 0.29) is 36.1 Å². The number of aliphatic hydroxyl groups is 1. The quantitative estimate of drug-likeness (QED) is 0.163. The van der Waals surface area contributed by atoms with E-state index in [1.165, 1.54) is 0 Å². The van der Waals surface area contributed by atoms with Crippen LogP contribution in [0, 0.1) is 23.7 Å². The van der Waals surface area contributed by atoms with Gasteiger partial charge in [-0.3, -0.25) is 4.79 Å². The summed E-state index contributed by atoms with van der Waals surface area (Å²) in [5.74, 6) is 1.69. The number of rotatable bonds is 19. The fourth-order valence-electron chi connectivity index (χ4n) is 5.02. The molecule has 2 rings (SSSR count). The molecule has 0 saturated heterocycles. The Labute approximate surface area is 264 Å². The zero-order valence-corrected chi connectivity index (χ0v) is 27.7. The van der Waals surface area contributed by atoms with Gasteiger partial charge < -0.3 is 30.4 Å². The molecule has 0 heterocycles. The van der Waals surface area contributed by atoms with E-state index in [0.717, 1.165) is 24.0 Å².